The lowest BCUT2D eigenvalue weighted by Gasteiger charge is -2.30. The van der Waals surface area contributed by atoms with E-state index in [0.717, 1.165) is 48.0 Å². The molecule has 1 fully saturated rings. The molecule has 5 nitrogen and oxygen atoms in total. The molecule has 24 heavy (non-hydrogen) atoms. The van der Waals surface area contributed by atoms with Crippen LogP contribution in [0.25, 0.3) is 10.9 Å². The SMILES string of the molecule is CCC(=O)N[C@H]1CC[C@H](Oc2cccc3nc(C)cc(N)c23)CC1. The van der Waals surface area contributed by atoms with Gasteiger partial charge in [-0.1, -0.05) is 13.0 Å². The minimum absolute atomic E-state index is 0.127. The van der Waals surface area contributed by atoms with Crippen molar-refractivity contribution in [2.75, 3.05) is 5.73 Å². The standard InChI is InChI=1S/C19H25N3O2/c1-3-18(23)22-13-7-9-14(10-8-13)24-17-6-4-5-16-19(17)15(20)11-12(2)21-16/h4-6,11,13-14H,3,7-10H2,1-2H3,(H2,20,21)(H,22,23)/t13-,14-. The molecule has 1 aliphatic carbocycles. The van der Waals surface area contributed by atoms with Crippen LogP contribution in [-0.2, 0) is 4.79 Å². The Balaban J connectivity index is 1.70. The van der Waals surface area contributed by atoms with E-state index in [4.69, 9.17) is 10.5 Å². The minimum atomic E-state index is 0.127. The van der Waals surface area contributed by atoms with Crippen LogP contribution in [0.5, 0.6) is 5.75 Å². The molecule has 0 bridgehead atoms. The van der Waals surface area contributed by atoms with Gasteiger partial charge in [0.1, 0.15) is 5.75 Å². The van der Waals surface area contributed by atoms with Crippen LogP contribution in [0, 0.1) is 6.92 Å². The molecule has 0 radical (unpaired) electrons. The summed E-state index contributed by atoms with van der Waals surface area (Å²) in [4.78, 5) is 16.0. The largest absolute Gasteiger partial charge is 0.490 e. The van der Waals surface area contributed by atoms with Crippen molar-refractivity contribution in [3.8, 4) is 5.75 Å². The van der Waals surface area contributed by atoms with Crippen LogP contribution in [0.1, 0.15) is 44.7 Å². The van der Waals surface area contributed by atoms with Crippen LogP contribution >= 0.6 is 0 Å². The Bertz CT molecular complexity index is 737. The molecule has 0 spiro atoms. The van der Waals surface area contributed by atoms with Gasteiger partial charge in [0.25, 0.3) is 0 Å². The lowest BCUT2D eigenvalue weighted by atomic mass is 9.92. The molecule has 1 saturated carbocycles. The number of amides is 1. The zero-order valence-corrected chi connectivity index (χ0v) is 14.3. The number of benzene rings is 1. The molecule has 2 aromatic rings. The number of carbonyl (C=O) groups is 1. The topological polar surface area (TPSA) is 77.2 Å². The summed E-state index contributed by atoms with van der Waals surface area (Å²) in [6.45, 7) is 3.82. The van der Waals surface area contributed by atoms with E-state index >= 15 is 0 Å². The summed E-state index contributed by atoms with van der Waals surface area (Å²) in [5.74, 6) is 0.932. The summed E-state index contributed by atoms with van der Waals surface area (Å²) in [5, 5.41) is 3.97. The Kier molecular flexibility index (Phi) is 4.88. The van der Waals surface area contributed by atoms with Crippen molar-refractivity contribution in [3.05, 3.63) is 30.0 Å². The lowest BCUT2D eigenvalue weighted by Crippen LogP contribution is -2.39. The van der Waals surface area contributed by atoms with Crippen LogP contribution in [0.4, 0.5) is 5.69 Å². The fraction of sp³-hybridized carbons (Fsp3) is 0.474. The van der Waals surface area contributed by atoms with Crippen molar-refractivity contribution < 1.29 is 9.53 Å². The number of carbonyl (C=O) groups excluding carboxylic acids is 1. The molecule has 5 heteroatoms. The van der Waals surface area contributed by atoms with Gasteiger partial charge in [0.15, 0.2) is 0 Å². The van der Waals surface area contributed by atoms with E-state index in [2.05, 4.69) is 10.3 Å². The first kappa shape index (κ1) is 16.6. The molecular weight excluding hydrogens is 302 g/mol. The van der Waals surface area contributed by atoms with Gasteiger partial charge in [0.2, 0.25) is 5.91 Å². The molecule has 1 heterocycles. The van der Waals surface area contributed by atoms with Gasteiger partial charge in [0, 0.05) is 23.8 Å². The molecule has 3 rings (SSSR count). The second-order valence-electron chi connectivity index (χ2n) is 6.52. The number of ether oxygens (including phenoxy) is 1. The van der Waals surface area contributed by atoms with Gasteiger partial charge < -0.3 is 15.8 Å². The number of pyridine rings is 1. The maximum atomic E-state index is 11.5. The Hall–Kier alpha value is -2.30. The van der Waals surface area contributed by atoms with Gasteiger partial charge in [-0.05, 0) is 50.8 Å². The number of rotatable bonds is 4. The predicted molar refractivity (Wildman–Crippen MR) is 96.0 cm³/mol. The van der Waals surface area contributed by atoms with Crippen LogP contribution in [0.2, 0.25) is 0 Å². The Morgan fingerprint density at radius 2 is 2.08 bits per heavy atom. The number of nitrogens with two attached hydrogens (primary N) is 1. The van der Waals surface area contributed by atoms with Crippen LogP contribution in [0.3, 0.4) is 0 Å². The van der Waals surface area contributed by atoms with E-state index in [1.807, 2.05) is 38.1 Å². The fourth-order valence-corrected chi connectivity index (χ4v) is 3.35. The maximum Gasteiger partial charge on any atom is 0.219 e. The molecule has 0 atom stereocenters. The molecule has 128 valence electrons. The van der Waals surface area contributed by atoms with Gasteiger partial charge in [-0.15, -0.1) is 0 Å². The summed E-state index contributed by atoms with van der Waals surface area (Å²) in [5.41, 5.74) is 8.67. The van der Waals surface area contributed by atoms with Gasteiger partial charge in [-0.25, -0.2) is 0 Å². The zero-order chi connectivity index (χ0) is 17.1. The number of nitrogens with one attached hydrogen (secondary N) is 1. The average Bonchev–Trinajstić information content (AvgIpc) is 2.56. The Morgan fingerprint density at radius 3 is 2.79 bits per heavy atom. The normalized spacial score (nSPS) is 20.8. The highest BCUT2D eigenvalue weighted by Gasteiger charge is 2.24. The quantitative estimate of drug-likeness (QED) is 0.903. The zero-order valence-electron chi connectivity index (χ0n) is 14.3. The van der Waals surface area contributed by atoms with Crippen LogP contribution in [-0.4, -0.2) is 23.0 Å². The van der Waals surface area contributed by atoms with Gasteiger partial charge in [0.05, 0.1) is 17.0 Å². The first-order valence-electron chi connectivity index (χ1n) is 8.68. The third kappa shape index (κ3) is 3.61. The highest BCUT2D eigenvalue weighted by molar-refractivity contribution is 5.95. The first-order chi connectivity index (χ1) is 11.6. The molecule has 1 aromatic heterocycles. The molecule has 1 aromatic carbocycles. The van der Waals surface area contributed by atoms with E-state index in [9.17, 15) is 4.79 Å². The number of nitrogens with zero attached hydrogens (tertiary/aromatic N) is 1. The Morgan fingerprint density at radius 1 is 1.33 bits per heavy atom. The van der Waals surface area contributed by atoms with Crippen molar-refractivity contribution in [1.82, 2.24) is 10.3 Å². The second-order valence-corrected chi connectivity index (χ2v) is 6.52. The highest BCUT2D eigenvalue weighted by Crippen LogP contribution is 2.33. The van der Waals surface area contributed by atoms with Gasteiger partial charge in [-0.2, -0.15) is 0 Å². The van der Waals surface area contributed by atoms with Crippen molar-refractivity contribution in [1.29, 1.82) is 0 Å². The van der Waals surface area contributed by atoms with Crippen molar-refractivity contribution >= 4 is 22.5 Å². The summed E-state index contributed by atoms with van der Waals surface area (Å²) < 4.78 is 6.24. The number of hydrogen-bond donors (Lipinski definition) is 2. The number of anilines is 1. The van der Waals surface area contributed by atoms with E-state index in [0.29, 0.717) is 12.1 Å². The van der Waals surface area contributed by atoms with Gasteiger partial charge >= 0.3 is 0 Å². The van der Waals surface area contributed by atoms with E-state index in [1.54, 1.807) is 0 Å². The van der Waals surface area contributed by atoms with E-state index < -0.39 is 0 Å². The van der Waals surface area contributed by atoms with Crippen LogP contribution in [0.15, 0.2) is 24.3 Å². The molecular formula is C19H25N3O2. The summed E-state index contributed by atoms with van der Waals surface area (Å²) >= 11 is 0. The second kappa shape index (κ2) is 7.07. The third-order valence-corrected chi connectivity index (χ3v) is 4.61. The van der Waals surface area contributed by atoms with Crippen LogP contribution < -0.4 is 15.8 Å². The third-order valence-electron chi connectivity index (χ3n) is 4.61. The van der Waals surface area contributed by atoms with Gasteiger partial charge in [-0.3, -0.25) is 9.78 Å². The summed E-state index contributed by atoms with van der Waals surface area (Å²) in [7, 11) is 0. The molecule has 3 N–H and O–H groups in total. The van der Waals surface area contributed by atoms with Crippen molar-refractivity contribution in [2.24, 2.45) is 0 Å². The maximum absolute atomic E-state index is 11.5. The number of aryl methyl sites for hydroxylation is 1. The van der Waals surface area contributed by atoms with E-state index in [1.165, 1.54) is 0 Å². The smallest absolute Gasteiger partial charge is 0.219 e. The molecule has 1 amide bonds. The number of nitrogen functional groups attached to an aromatic ring is 1. The molecule has 0 unspecified atom stereocenters. The number of fused-ring (bicyclic) bond motifs is 1. The van der Waals surface area contributed by atoms with Crippen molar-refractivity contribution in [3.63, 3.8) is 0 Å². The fourth-order valence-electron chi connectivity index (χ4n) is 3.35. The summed E-state index contributed by atoms with van der Waals surface area (Å²) in [6.07, 6.45) is 4.47. The number of aromatic nitrogens is 1. The molecule has 0 aliphatic heterocycles. The lowest BCUT2D eigenvalue weighted by molar-refractivity contribution is -0.121. The van der Waals surface area contributed by atoms with Crippen molar-refractivity contribution in [2.45, 2.75) is 58.1 Å². The average molecular weight is 327 g/mol. The van der Waals surface area contributed by atoms with E-state index in [-0.39, 0.29) is 18.1 Å². The molecule has 0 saturated heterocycles. The highest BCUT2D eigenvalue weighted by atomic mass is 16.5. The predicted octanol–water partition coefficient (Wildman–Crippen LogP) is 3.34. The monoisotopic (exact) mass is 327 g/mol. The summed E-state index contributed by atoms with van der Waals surface area (Å²) in [6, 6.07) is 8.03. The Labute approximate surface area is 142 Å². The molecule has 1 aliphatic rings. The minimum Gasteiger partial charge on any atom is -0.490 e. The number of hydrogen-bond acceptors (Lipinski definition) is 4. The first-order valence-corrected chi connectivity index (χ1v) is 8.68.